The molecule has 0 amide bonds. The lowest BCUT2D eigenvalue weighted by molar-refractivity contribution is -0.113. The van der Waals surface area contributed by atoms with Crippen molar-refractivity contribution in [1.29, 1.82) is 0 Å². The summed E-state index contributed by atoms with van der Waals surface area (Å²) in [5.74, 6) is -1.53. The lowest BCUT2D eigenvalue weighted by Gasteiger charge is -2.25. The highest BCUT2D eigenvalue weighted by Crippen LogP contribution is 2.32. The van der Waals surface area contributed by atoms with Crippen LogP contribution in [-0.4, -0.2) is 10.7 Å². The van der Waals surface area contributed by atoms with E-state index in [-0.39, 0.29) is 17.0 Å². The van der Waals surface area contributed by atoms with E-state index in [9.17, 15) is 13.6 Å². The van der Waals surface area contributed by atoms with Gasteiger partial charge >= 0.3 is 0 Å². The molecule has 0 unspecified atom stereocenters. The van der Waals surface area contributed by atoms with Crippen LogP contribution >= 0.6 is 0 Å². The zero-order chi connectivity index (χ0) is 18.6. The quantitative estimate of drug-likeness (QED) is 0.587. The number of halogens is 2. The molecule has 5 heteroatoms. The molecule has 0 spiro atoms. The Balaban J connectivity index is 2.52. The molecule has 0 atom stereocenters. The van der Waals surface area contributed by atoms with E-state index in [2.05, 4.69) is 6.58 Å². The monoisotopic (exact) mass is 344 g/mol. The van der Waals surface area contributed by atoms with E-state index in [1.54, 1.807) is 23.3 Å². The maximum Gasteiger partial charge on any atom is 0.157 e. The summed E-state index contributed by atoms with van der Waals surface area (Å²) in [6.45, 7) is 7.30. The zero-order valence-electron chi connectivity index (χ0n) is 14.5. The average molecular weight is 344 g/mol. The van der Waals surface area contributed by atoms with E-state index in [4.69, 9.17) is 5.73 Å². The van der Waals surface area contributed by atoms with Crippen LogP contribution in [0.3, 0.4) is 0 Å². The van der Waals surface area contributed by atoms with Crippen LogP contribution in [0.2, 0.25) is 0 Å². The molecule has 0 aromatic heterocycles. The molecular weight excluding hydrogens is 322 g/mol. The molecule has 2 N–H and O–H groups in total. The van der Waals surface area contributed by atoms with E-state index in [0.29, 0.717) is 23.3 Å². The Morgan fingerprint density at radius 2 is 2.04 bits per heavy atom. The molecule has 0 radical (unpaired) electrons. The minimum atomic E-state index is -0.801. The number of carbonyl (C=O) groups excluding carboxylic acids is 1. The van der Waals surface area contributed by atoms with Gasteiger partial charge in [0.1, 0.15) is 5.82 Å². The van der Waals surface area contributed by atoms with Crippen LogP contribution < -0.4 is 5.73 Å². The minimum absolute atomic E-state index is 0.0295. The SMILES string of the molecule is C=CN1C=C(c2c(F)ccc(N)c2F)C=C/C1=C(/CCCC)C(C)=O. The summed E-state index contributed by atoms with van der Waals surface area (Å²) in [6, 6.07) is 2.32. The molecule has 1 aliphatic rings. The van der Waals surface area contributed by atoms with Crippen LogP contribution in [0.15, 0.2) is 54.5 Å². The molecule has 0 saturated heterocycles. The fraction of sp³-hybridized carbons (Fsp3) is 0.250. The smallest absolute Gasteiger partial charge is 0.157 e. The Hall–Kier alpha value is -2.69. The number of hydrogen-bond donors (Lipinski definition) is 1. The summed E-state index contributed by atoms with van der Waals surface area (Å²) in [5, 5.41) is 0. The fourth-order valence-corrected chi connectivity index (χ4v) is 2.74. The van der Waals surface area contributed by atoms with E-state index in [1.165, 1.54) is 19.2 Å². The molecule has 3 nitrogen and oxygen atoms in total. The molecule has 0 saturated carbocycles. The van der Waals surface area contributed by atoms with E-state index in [1.807, 2.05) is 6.92 Å². The van der Waals surface area contributed by atoms with Crippen molar-refractivity contribution < 1.29 is 13.6 Å². The van der Waals surface area contributed by atoms with Crippen LogP contribution in [0, 0.1) is 11.6 Å². The Morgan fingerprint density at radius 1 is 1.32 bits per heavy atom. The number of hydrogen-bond acceptors (Lipinski definition) is 3. The van der Waals surface area contributed by atoms with E-state index >= 15 is 0 Å². The fourth-order valence-electron chi connectivity index (χ4n) is 2.74. The molecule has 1 aromatic carbocycles. The lowest BCUT2D eigenvalue weighted by atomic mass is 9.97. The van der Waals surface area contributed by atoms with Crippen molar-refractivity contribution in [2.45, 2.75) is 33.1 Å². The Labute approximate surface area is 146 Å². The third-order valence-electron chi connectivity index (χ3n) is 4.10. The average Bonchev–Trinajstić information content (AvgIpc) is 2.59. The number of nitrogen functional groups attached to an aromatic ring is 1. The van der Waals surface area contributed by atoms with Crippen molar-refractivity contribution in [3.63, 3.8) is 0 Å². The zero-order valence-corrected chi connectivity index (χ0v) is 14.5. The molecule has 0 fully saturated rings. The first kappa shape index (κ1) is 18.6. The van der Waals surface area contributed by atoms with Crippen LogP contribution in [0.1, 0.15) is 38.7 Å². The summed E-state index contributed by atoms with van der Waals surface area (Å²) in [5.41, 5.74) is 6.90. The van der Waals surface area contributed by atoms with Gasteiger partial charge in [0.2, 0.25) is 0 Å². The number of carbonyl (C=O) groups is 1. The number of anilines is 1. The van der Waals surface area contributed by atoms with Gasteiger partial charge in [0.05, 0.1) is 16.9 Å². The number of nitrogens with two attached hydrogens (primary N) is 1. The van der Waals surface area contributed by atoms with E-state index < -0.39 is 11.6 Å². The first-order valence-corrected chi connectivity index (χ1v) is 8.19. The first-order chi connectivity index (χ1) is 11.9. The standard InChI is InChI=1S/C20H22F2N2O/c1-4-6-7-15(13(3)25)18-11-8-14(12-24(18)5-2)19-16(21)9-10-17(23)20(19)22/h5,8-12H,2,4,6-7,23H2,1,3H3/b18-15+. The first-order valence-electron chi connectivity index (χ1n) is 8.19. The Kier molecular flexibility index (Phi) is 5.91. The van der Waals surface area contributed by atoms with Gasteiger partial charge in [0, 0.05) is 23.5 Å². The summed E-state index contributed by atoms with van der Waals surface area (Å²) in [6.07, 6.45) is 8.82. The maximum absolute atomic E-state index is 14.3. The van der Waals surface area contributed by atoms with Crippen molar-refractivity contribution in [1.82, 2.24) is 4.90 Å². The van der Waals surface area contributed by atoms with Gasteiger partial charge in [-0.05, 0) is 38.0 Å². The predicted octanol–water partition coefficient (Wildman–Crippen LogP) is 4.94. The highest BCUT2D eigenvalue weighted by Gasteiger charge is 2.21. The van der Waals surface area contributed by atoms with Crippen molar-refractivity contribution in [3.05, 3.63) is 71.7 Å². The van der Waals surface area contributed by atoms with Gasteiger partial charge in [-0.3, -0.25) is 4.79 Å². The summed E-state index contributed by atoms with van der Waals surface area (Å²) >= 11 is 0. The van der Waals surface area contributed by atoms with Crippen LogP contribution in [0.5, 0.6) is 0 Å². The second-order valence-corrected chi connectivity index (χ2v) is 5.86. The predicted molar refractivity (Wildman–Crippen MR) is 97.2 cm³/mol. The second kappa shape index (κ2) is 7.92. The molecule has 2 rings (SSSR count). The number of rotatable bonds is 6. The van der Waals surface area contributed by atoms with Crippen molar-refractivity contribution in [2.24, 2.45) is 0 Å². The third kappa shape index (κ3) is 3.87. The van der Waals surface area contributed by atoms with Gasteiger partial charge in [0.15, 0.2) is 11.6 Å². The minimum Gasteiger partial charge on any atom is -0.396 e. The van der Waals surface area contributed by atoms with E-state index in [0.717, 1.165) is 18.9 Å². The second-order valence-electron chi connectivity index (χ2n) is 5.86. The van der Waals surface area contributed by atoms with Gasteiger partial charge < -0.3 is 10.6 Å². The highest BCUT2D eigenvalue weighted by atomic mass is 19.1. The molecule has 0 aliphatic carbocycles. The van der Waals surface area contributed by atoms with Crippen LogP contribution in [-0.2, 0) is 4.79 Å². The van der Waals surface area contributed by atoms with Gasteiger partial charge in [-0.15, -0.1) is 0 Å². The molecule has 1 aliphatic heterocycles. The summed E-state index contributed by atoms with van der Waals surface area (Å²) in [7, 11) is 0. The molecule has 25 heavy (non-hydrogen) atoms. The number of allylic oxidation sites excluding steroid dienone is 4. The highest BCUT2D eigenvalue weighted by molar-refractivity contribution is 5.95. The Bertz CT molecular complexity index is 791. The van der Waals surface area contributed by atoms with Gasteiger partial charge in [-0.2, -0.15) is 0 Å². The van der Waals surface area contributed by atoms with Gasteiger partial charge in [-0.1, -0.05) is 26.0 Å². The van der Waals surface area contributed by atoms with Crippen molar-refractivity contribution in [3.8, 4) is 0 Å². The molecule has 132 valence electrons. The number of benzene rings is 1. The van der Waals surface area contributed by atoms with Crippen LogP contribution in [0.4, 0.5) is 14.5 Å². The molecule has 0 bridgehead atoms. The molecular formula is C20H22F2N2O. The molecule has 1 aromatic rings. The lowest BCUT2D eigenvalue weighted by Crippen LogP contribution is -2.17. The normalized spacial score (nSPS) is 15.8. The third-order valence-corrected chi connectivity index (χ3v) is 4.10. The van der Waals surface area contributed by atoms with Crippen molar-refractivity contribution in [2.75, 3.05) is 5.73 Å². The number of unbranched alkanes of at least 4 members (excludes halogenated alkanes) is 1. The van der Waals surface area contributed by atoms with Gasteiger partial charge in [-0.25, -0.2) is 8.78 Å². The topological polar surface area (TPSA) is 46.3 Å². The summed E-state index contributed by atoms with van der Waals surface area (Å²) < 4.78 is 28.4. The van der Waals surface area contributed by atoms with Crippen LogP contribution in [0.25, 0.3) is 5.57 Å². The largest absolute Gasteiger partial charge is 0.396 e. The maximum atomic E-state index is 14.3. The number of Topliss-reactive ketones (excluding diaryl/α,β-unsaturated/α-hetero) is 1. The van der Waals surface area contributed by atoms with Gasteiger partial charge in [0.25, 0.3) is 0 Å². The molecule has 1 heterocycles. The summed E-state index contributed by atoms with van der Waals surface area (Å²) in [4.78, 5) is 13.6. The number of nitrogens with zero attached hydrogens (tertiary/aromatic N) is 1. The Morgan fingerprint density at radius 3 is 2.64 bits per heavy atom. The van der Waals surface area contributed by atoms with Crippen molar-refractivity contribution >= 4 is 17.0 Å². The number of ketones is 1.